The van der Waals surface area contributed by atoms with E-state index >= 15 is 0 Å². The number of Topliss-reactive ketones (excluding diaryl/α,β-unsaturated/α-hetero) is 1. The summed E-state index contributed by atoms with van der Waals surface area (Å²) in [7, 11) is 1.65. The molecular weight excluding hydrogens is 766 g/mol. The van der Waals surface area contributed by atoms with E-state index < -0.39 is 6.04 Å². The average molecular weight is 816 g/mol. The van der Waals surface area contributed by atoms with Crippen molar-refractivity contribution in [3.63, 3.8) is 0 Å². The number of halogens is 2. The Hall–Kier alpha value is -3.00. The molecule has 4 aliphatic heterocycles. The normalized spacial score (nSPS) is 20.5. The molecule has 3 N–H and O–H groups in total. The summed E-state index contributed by atoms with van der Waals surface area (Å²) < 4.78 is 1.16. The number of hydrogen-bond donors (Lipinski definition) is 2. The molecule has 6 rings (SSSR count). The Balaban J connectivity index is 1.11. The van der Waals surface area contributed by atoms with Gasteiger partial charge in [0, 0.05) is 78.5 Å². The molecule has 50 heavy (non-hydrogen) atoms. The molecule has 270 valence electrons. The van der Waals surface area contributed by atoms with Gasteiger partial charge >= 0.3 is 6.03 Å². The number of nitrogen functional groups attached to an aromatic ring is 1. The summed E-state index contributed by atoms with van der Waals surface area (Å²) in [6.07, 6.45) is 7.78. The van der Waals surface area contributed by atoms with Gasteiger partial charge in [0.25, 0.3) is 0 Å². The maximum atomic E-state index is 14.3. The number of fused-ring (bicyclic) bond motifs is 1. The molecular formula is C37H49Br2N7O4. The van der Waals surface area contributed by atoms with Crippen molar-refractivity contribution in [3.8, 4) is 0 Å². The van der Waals surface area contributed by atoms with Crippen LogP contribution in [0.15, 0.2) is 45.3 Å². The first-order valence-corrected chi connectivity index (χ1v) is 19.6. The summed E-state index contributed by atoms with van der Waals surface area (Å²) in [6, 6.07) is 10.7. The standard InChI is InChI=1S/C37H49Br2N7O4/c1-42(34(48)24-43-16-10-27(11-17-43)44-14-5-2-6-15-44)32(23-33(47)26-21-29(38)35(40)30(39)22-26)36(49)45-18-12-28(13-19-45)46-20-9-25-7-3-4-8-31(25)41-37(46)50/h3-4,7-8,21-22,27-28,32H,2,5-6,9-20,23-24,40H2,1H3,(H,41,50). The zero-order valence-electron chi connectivity index (χ0n) is 28.9. The maximum Gasteiger partial charge on any atom is 0.322 e. The van der Waals surface area contributed by atoms with Crippen LogP contribution >= 0.6 is 31.9 Å². The van der Waals surface area contributed by atoms with Crippen LogP contribution in [-0.2, 0) is 16.0 Å². The number of likely N-dealkylation sites (N-methyl/N-ethyl adjacent to an activating group) is 1. The van der Waals surface area contributed by atoms with Gasteiger partial charge in [-0.05, 0) is 114 Å². The van der Waals surface area contributed by atoms with Crippen LogP contribution < -0.4 is 11.1 Å². The summed E-state index contributed by atoms with van der Waals surface area (Å²) in [5, 5.41) is 3.05. The van der Waals surface area contributed by atoms with Crippen LogP contribution in [0.2, 0.25) is 0 Å². The van der Waals surface area contributed by atoms with Gasteiger partial charge in [0.1, 0.15) is 6.04 Å². The van der Waals surface area contributed by atoms with Crippen molar-refractivity contribution in [2.24, 2.45) is 0 Å². The fourth-order valence-corrected chi connectivity index (χ4v) is 9.16. The number of nitrogens with two attached hydrogens (primary N) is 1. The summed E-state index contributed by atoms with van der Waals surface area (Å²) >= 11 is 6.86. The average Bonchev–Trinajstić information content (AvgIpc) is 3.30. The van der Waals surface area contributed by atoms with Crippen LogP contribution in [0.4, 0.5) is 16.2 Å². The third-order valence-corrected chi connectivity index (χ3v) is 12.4. The lowest BCUT2D eigenvalue weighted by molar-refractivity contribution is -0.146. The number of para-hydroxylation sites is 1. The number of amides is 4. The Morgan fingerprint density at radius 3 is 2.22 bits per heavy atom. The predicted octanol–water partition coefficient (Wildman–Crippen LogP) is 5.23. The second kappa shape index (κ2) is 16.6. The first kappa shape index (κ1) is 36.8. The molecule has 0 aliphatic carbocycles. The minimum absolute atomic E-state index is 0.00912. The zero-order valence-corrected chi connectivity index (χ0v) is 32.1. The molecule has 3 fully saturated rings. The van der Waals surface area contributed by atoms with Crippen molar-refractivity contribution >= 4 is 66.9 Å². The van der Waals surface area contributed by atoms with Gasteiger partial charge in [-0.25, -0.2) is 4.79 Å². The lowest BCUT2D eigenvalue weighted by Gasteiger charge is -2.41. The molecule has 0 aromatic heterocycles. The van der Waals surface area contributed by atoms with Crippen molar-refractivity contribution in [3.05, 3.63) is 56.5 Å². The first-order valence-electron chi connectivity index (χ1n) is 18.0. The second-order valence-electron chi connectivity index (χ2n) is 14.2. The molecule has 3 saturated heterocycles. The number of urea groups is 1. The van der Waals surface area contributed by atoms with Crippen molar-refractivity contribution in [2.45, 2.75) is 75.9 Å². The molecule has 13 heteroatoms. The van der Waals surface area contributed by atoms with E-state index in [1.807, 2.05) is 29.2 Å². The first-order chi connectivity index (χ1) is 24.1. The van der Waals surface area contributed by atoms with E-state index in [4.69, 9.17) is 5.73 Å². The minimum atomic E-state index is -0.955. The largest absolute Gasteiger partial charge is 0.397 e. The third kappa shape index (κ3) is 8.54. The Bertz CT molecular complexity index is 1550. The number of nitrogens with zero attached hydrogens (tertiary/aromatic N) is 5. The minimum Gasteiger partial charge on any atom is -0.397 e. The molecule has 1 unspecified atom stereocenters. The fourth-order valence-electron chi connectivity index (χ4n) is 7.98. The van der Waals surface area contributed by atoms with Crippen molar-refractivity contribution in [1.29, 1.82) is 0 Å². The summed E-state index contributed by atoms with van der Waals surface area (Å²) in [5.74, 6) is -0.650. The van der Waals surface area contributed by atoms with E-state index in [1.54, 1.807) is 24.1 Å². The molecule has 0 bridgehead atoms. The summed E-state index contributed by atoms with van der Waals surface area (Å²) in [4.78, 5) is 65.0. The topological polar surface area (TPSA) is 123 Å². The second-order valence-corrected chi connectivity index (χ2v) is 15.9. The monoisotopic (exact) mass is 813 g/mol. The van der Waals surface area contributed by atoms with Crippen molar-refractivity contribution in [1.82, 2.24) is 24.5 Å². The molecule has 2 aromatic rings. The summed E-state index contributed by atoms with van der Waals surface area (Å²) in [5.41, 5.74) is 8.92. The van der Waals surface area contributed by atoms with E-state index in [0.717, 1.165) is 43.6 Å². The fraction of sp³-hybridized carbons (Fsp3) is 0.568. The highest BCUT2D eigenvalue weighted by atomic mass is 79.9. The number of anilines is 2. The predicted molar refractivity (Wildman–Crippen MR) is 202 cm³/mol. The number of likely N-dealkylation sites (tertiary alicyclic amines) is 3. The van der Waals surface area contributed by atoms with Crippen LogP contribution in [0.3, 0.4) is 0 Å². The Morgan fingerprint density at radius 1 is 0.900 bits per heavy atom. The highest BCUT2D eigenvalue weighted by Crippen LogP contribution is 2.31. The number of piperidine rings is 3. The van der Waals surface area contributed by atoms with Crippen LogP contribution in [-0.4, -0.2) is 126 Å². The smallest absolute Gasteiger partial charge is 0.322 e. The molecule has 4 heterocycles. The Kier molecular flexibility index (Phi) is 12.2. The van der Waals surface area contributed by atoms with Gasteiger partial charge < -0.3 is 30.7 Å². The van der Waals surface area contributed by atoms with Crippen LogP contribution in [0, 0.1) is 0 Å². The molecule has 0 spiro atoms. The molecule has 2 aromatic carbocycles. The van der Waals surface area contributed by atoms with Crippen LogP contribution in [0.25, 0.3) is 0 Å². The number of benzene rings is 2. The number of carbonyl (C=O) groups is 4. The van der Waals surface area contributed by atoms with Crippen LogP contribution in [0.1, 0.15) is 67.3 Å². The van der Waals surface area contributed by atoms with Crippen molar-refractivity contribution < 1.29 is 19.2 Å². The number of nitrogens with one attached hydrogen (secondary N) is 1. The molecule has 0 saturated carbocycles. The van der Waals surface area contributed by atoms with Gasteiger partial charge in [0.15, 0.2) is 5.78 Å². The number of rotatable bonds is 9. The van der Waals surface area contributed by atoms with Gasteiger partial charge in [0.05, 0.1) is 12.2 Å². The van der Waals surface area contributed by atoms with Crippen LogP contribution in [0.5, 0.6) is 0 Å². The lowest BCUT2D eigenvalue weighted by atomic mass is 9.98. The Labute approximate surface area is 312 Å². The SMILES string of the molecule is CN(C(=O)CN1CCC(N2CCCCC2)CC1)C(CC(=O)c1cc(Br)c(N)c(Br)c1)C(=O)N1CCC(N2CCc3ccccc3NC2=O)CC1. The maximum absolute atomic E-state index is 14.3. The van der Waals surface area contributed by atoms with E-state index in [-0.39, 0.29) is 42.6 Å². The van der Waals surface area contributed by atoms with E-state index in [0.29, 0.717) is 58.7 Å². The van der Waals surface area contributed by atoms with Gasteiger partial charge in [-0.3, -0.25) is 19.3 Å². The number of ketones is 1. The molecule has 4 amide bonds. The van der Waals surface area contributed by atoms with Gasteiger partial charge in [-0.1, -0.05) is 24.6 Å². The quantitative estimate of drug-likeness (QED) is 0.263. The van der Waals surface area contributed by atoms with Gasteiger partial charge in [-0.2, -0.15) is 0 Å². The molecule has 1 atom stereocenters. The number of hydrogen-bond acceptors (Lipinski definition) is 7. The zero-order chi connectivity index (χ0) is 35.4. The highest BCUT2D eigenvalue weighted by molar-refractivity contribution is 9.11. The van der Waals surface area contributed by atoms with E-state index in [1.165, 1.54) is 37.3 Å². The lowest BCUT2D eigenvalue weighted by Crippen LogP contribution is -2.56. The highest BCUT2D eigenvalue weighted by Gasteiger charge is 2.37. The Morgan fingerprint density at radius 2 is 1.54 bits per heavy atom. The van der Waals surface area contributed by atoms with Crippen molar-refractivity contribution in [2.75, 3.05) is 70.5 Å². The van der Waals surface area contributed by atoms with E-state index in [9.17, 15) is 19.2 Å². The molecule has 4 aliphatic rings. The summed E-state index contributed by atoms with van der Waals surface area (Å²) in [6.45, 7) is 5.73. The van der Waals surface area contributed by atoms with Gasteiger partial charge in [-0.15, -0.1) is 0 Å². The number of carbonyl (C=O) groups excluding carboxylic acids is 4. The van der Waals surface area contributed by atoms with E-state index in [2.05, 4.69) is 47.0 Å². The third-order valence-electron chi connectivity index (χ3n) is 11.1. The van der Waals surface area contributed by atoms with Gasteiger partial charge in [0.2, 0.25) is 11.8 Å². The molecule has 0 radical (unpaired) electrons. The molecule has 11 nitrogen and oxygen atoms in total.